The molecule has 1 atom stereocenters. The fourth-order valence-corrected chi connectivity index (χ4v) is 2.58. The Bertz CT molecular complexity index is 560. The van der Waals surface area contributed by atoms with Crippen molar-refractivity contribution in [3.05, 3.63) is 56.7 Å². The van der Waals surface area contributed by atoms with E-state index in [1.807, 2.05) is 30.3 Å². The van der Waals surface area contributed by atoms with Crippen molar-refractivity contribution in [1.29, 1.82) is 0 Å². The van der Waals surface area contributed by atoms with Gasteiger partial charge in [0.05, 0.1) is 13.2 Å². The predicted octanol–water partition coefficient (Wildman–Crippen LogP) is 3.66. The average Bonchev–Trinajstić information content (AvgIpc) is 2.40. The molecule has 2 rings (SSSR count). The Kier molecular flexibility index (Phi) is 4.37. The number of methoxy groups -OCH3 is 1. The number of hydrogen-bond acceptors (Lipinski definition) is 3. The second-order valence-corrected chi connectivity index (χ2v) is 5.50. The maximum absolute atomic E-state index is 6.27. The third-order valence-electron chi connectivity index (χ3n) is 2.61. The van der Waals surface area contributed by atoms with Crippen LogP contribution in [0.15, 0.2) is 45.5 Å². The van der Waals surface area contributed by atoms with Gasteiger partial charge in [-0.1, -0.05) is 31.9 Å². The average molecular weight is 372 g/mol. The van der Waals surface area contributed by atoms with Crippen molar-refractivity contribution in [2.75, 3.05) is 7.11 Å². The van der Waals surface area contributed by atoms with Crippen LogP contribution in [-0.4, -0.2) is 12.1 Å². The van der Waals surface area contributed by atoms with Gasteiger partial charge in [0.25, 0.3) is 0 Å². The van der Waals surface area contributed by atoms with Gasteiger partial charge in [-0.3, -0.25) is 4.98 Å². The number of halogens is 2. The molecule has 2 N–H and O–H groups in total. The van der Waals surface area contributed by atoms with Crippen LogP contribution < -0.4 is 10.5 Å². The summed E-state index contributed by atoms with van der Waals surface area (Å²) in [5, 5.41) is 0. The molecule has 2 aromatic rings. The maximum atomic E-state index is 6.27. The molecule has 1 aromatic heterocycles. The Morgan fingerprint density at radius 3 is 2.78 bits per heavy atom. The molecule has 0 saturated heterocycles. The van der Waals surface area contributed by atoms with Gasteiger partial charge >= 0.3 is 0 Å². The SMILES string of the molecule is COc1cccnc1C(N)c1cc(Br)ccc1Br. The minimum Gasteiger partial charge on any atom is -0.495 e. The van der Waals surface area contributed by atoms with Crippen molar-refractivity contribution in [1.82, 2.24) is 4.98 Å². The Hall–Kier alpha value is -0.910. The summed E-state index contributed by atoms with van der Waals surface area (Å²) in [6.45, 7) is 0. The molecule has 1 heterocycles. The molecule has 0 spiro atoms. The zero-order chi connectivity index (χ0) is 13.1. The zero-order valence-electron chi connectivity index (χ0n) is 9.73. The molecule has 0 bridgehead atoms. The molecule has 94 valence electrons. The number of ether oxygens (including phenoxy) is 1. The molecule has 0 aliphatic rings. The second-order valence-electron chi connectivity index (χ2n) is 3.73. The van der Waals surface area contributed by atoms with E-state index in [9.17, 15) is 0 Å². The van der Waals surface area contributed by atoms with E-state index >= 15 is 0 Å². The molecular weight excluding hydrogens is 360 g/mol. The maximum Gasteiger partial charge on any atom is 0.142 e. The Morgan fingerprint density at radius 1 is 1.28 bits per heavy atom. The highest BCUT2D eigenvalue weighted by Gasteiger charge is 2.17. The lowest BCUT2D eigenvalue weighted by atomic mass is 10.0. The number of rotatable bonds is 3. The summed E-state index contributed by atoms with van der Waals surface area (Å²) < 4.78 is 7.22. The molecule has 18 heavy (non-hydrogen) atoms. The number of benzene rings is 1. The minimum atomic E-state index is -0.340. The highest BCUT2D eigenvalue weighted by Crippen LogP contribution is 2.32. The normalized spacial score (nSPS) is 12.2. The summed E-state index contributed by atoms with van der Waals surface area (Å²) in [6, 6.07) is 9.22. The molecule has 3 nitrogen and oxygen atoms in total. The van der Waals surface area contributed by atoms with Crippen molar-refractivity contribution in [3.63, 3.8) is 0 Å². The monoisotopic (exact) mass is 370 g/mol. The number of pyridine rings is 1. The lowest BCUT2D eigenvalue weighted by Gasteiger charge is -2.16. The van der Waals surface area contributed by atoms with E-state index in [0.29, 0.717) is 5.75 Å². The number of nitrogens with two attached hydrogens (primary N) is 1. The standard InChI is InChI=1S/C13H12Br2N2O/c1-18-11-3-2-6-17-13(11)12(16)9-7-8(14)4-5-10(9)15/h2-7,12H,16H2,1H3. The number of nitrogens with zero attached hydrogens (tertiary/aromatic N) is 1. The van der Waals surface area contributed by atoms with Crippen molar-refractivity contribution in [2.45, 2.75) is 6.04 Å². The third-order valence-corrected chi connectivity index (χ3v) is 3.82. The second kappa shape index (κ2) is 5.82. The zero-order valence-corrected chi connectivity index (χ0v) is 12.9. The molecule has 5 heteroatoms. The van der Waals surface area contributed by atoms with E-state index in [1.165, 1.54) is 0 Å². The van der Waals surface area contributed by atoms with Crippen LogP contribution in [0.3, 0.4) is 0 Å². The van der Waals surface area contributed by atoms with E-state index in [1.54, 1.807) is 13.3 Å². The van der Waals surface area contributed by atoms with E-state index < -0.39 is 0 Å². The summed E-state index contributed by atoms with van der Waals surface area (Å²) in [7, 11) is 1.61. The Morgan fingerprint density at radius 2 is 2.06 bits per heavy atom. The molecule has 0 aliphatic heterocycles. The fraction of sp³-hybridized carbons (Fsp3) is 0.154. The van der Waals surface area contributed by atoms with Crippen molar-refractivity contribution in [2.24, 2.45) is 5.73 Å². The molecule has 0 fully saturated rings. The van der Waals surface area contributed by atoms with Crippen LogP contribution in [0.25, 0.3) is 0 Å². The van der Waals surface area contributed by atoms with Crippen molar-refractivity contribution >= 4 is 31.9 Å². The summed E-state index contributed by atoms with van der Waals surface area (Å²) in [6.07, 6.45) is 1.71. The molecule has 0 radical (unpaired) electrons. The van der Waals surface area contributed by atoms with Gasteiger partial charge in [-0.2, -0.15) is 0 Å². The van der Waals surface area contributed by atoms with Gasteiger partial charge in [-0.25, -0.2) is 0 Å². The van der Waals surface area contributed by atoms with Crippen LogP contribution in [0.5, 0.6) is 5.75 Å². The van der Waals surface area contributed by atoms with Gasteiger partial charge in [0.2, 0.25) is 0 Å². The van der Waals surface area contributed by atoms with Gasteiger partial charge in [0, 0.05) is 15.1 Å². The summed E-state index contributed by atoms with van der Waals surface area (Å²) in [5.74, 6) is 0.692. The van der Waals surface area contributed by atoms with E-state index in [-0.39, 0.29) is 6.04 Å². The van der Waals surface area contributed by atoms with Crippen LogP contribution in [0.4, 0.5) is 0 Å². The Balaban J connectivity index is 2.47. The highest BCUT2D eigenvalue weighted by molar-refractivity contribution is 9.11. The van der Waals surface area contributed by atoms with Crippen LogP contribution >= 0.6 is 31.9 Å². The highest BCUT2D eigenvalue weighted by atomic mass is 79.9. The lowest BCUT2D eigenvalue weighted by Crippen LogP contribution is -2.15. The van der Waals surface area contributed by atoms with E-state index in [2.05, 4.69) is 36.8 Å². The van der Waals surface area contributed by atoms with Gasteiger partial charge in [0.1, 0.15) is 11.4 Å². The van der Waals surface area contributed by atoms with Gasteiger partial charge in [-0.05, 0) is 35.9 Å². The predicted molar refractivity (Wildman–Crippen MR) is 78.7 cm³/mol. The van der Waals surface area contributed by atoms with Gasteiger partial charge in [0.15, 0.2) is 0 Å². The molecule has 1 aromatic carbocycles. The van der Waals surface area contributed by atoms with Crippen molar-refractivity contribution < 1.29 is 4.74 Å². The topological polar surface area (TPSA) is 48.1 Å². The van der Waals surface area contributed by atoms with Crippen molar-refractivity contribution in [3.8, 4) is 5.75 Å². The first-order valence-electron chi connectivity index (χ1n) is 5.33. The summed E-state index contributed by atoms with van der Waals surface area (Å²) >= 11 is 6.95. The van der Waals surface area contributed by atoms with Crippen LogP contribution in [-0.2, 0) is 0 Å². The molecule has 0 saturated carbocycles. The first-order valence-corrected chi connectivity index (χ1v) is 6.91. The van der Waals surface area contributed by atoms with Crippen LogP contribution in [0, 0.1) is 0 Å². The van der Waals surface area contributed by atoms with Crippen LogP contribution in [0.1, 0.15) is 17.3 Å². The first-order chi connectivity index (χ1) is 8.63. The van der Waals surface area contributed by atoms with Gasteiger partial charge in [-0.15, -0.1) is 0 Å². The van der Waals surface area contributed by atoms with E-state index in [0.717, 1.165) is 20.2 Å². The lowest BCUT2D eigenvalue weighted by molar-refractivity contribution is 0.404. The number of aromatic nitrogens is 1. The molecule has 0 aliphatic carbocycles. The van der Waals surface area contributed by atoms with E-state index in [4.69, 9.17) is 10.5 Å². The molecule has 1 unspecified atom stereocenters. The fourth-order valence-electron chi connectivity index (χ4n) is 1.71. The third kappa shape index (κ3) is 2.74. The minimum absolute atomic E-state index is 0.340. The summed E-state index contributed by atoms with van der Waals surface area (Å²) in [4.78, 5) is 4.31. The molecular formula is C13H12Br2N2O. The smallest absolute Gasteiger partial charge is 0.142 e. The summed E-state index contributed by atoms with van der Waals surface area (Å²) in [5.41, 5.74) is 7.95. The quantitative estimate of drug-likeness (QED) is 0.895. The van der Waals surface area contributed by atoms with Crippen LogP contribution in [0.2, 0.25) is 0 Å². The molecule has 0 amide bonds. The largest absolute Gasteiger partial charge is 0.495 e. The first kappa shape index (κ1) is 13.5. The number of hydrogen-bond donors (Lipinski definition) is 1. The van der Waals surface area contributed by atoms with Gasteiger partial charge < -0.3 is 10.5 Å². The Labute approximate surface area is 123 Å².